The summed E-state index contributed by atoms with van der Waals surface area (Å²) in [7, 11) is 0. The predicted molar refractivity (Wildman–Crippen MR) is 123 cm³/mol. The first-order valence-corrected chi connectivity index (χ1v) is 12.3. The molecule has 0 spiro atoms. The van der Waals surface area contributed by atoms with Crippen LogP contribution in [0.1, 0.15) is 82.6 Å². The normalized spacial score (nSPS) is 34.7. The van der Waals surface area contributed by atoms with Crippen LogP contribution in [0.3, 0.4) is 0 Å². The van der Waals surface area contributed by atoms with Crippen LogP contribution in [0.5, 0.6) is 0 Å². The molecule has 172 valence electrons. The van der Waals surface area contributed by atoms with Gasteiger partial charge in [0.1, 0.15) is 6.10 Å². The molecule has 6 nitrogen and oxygen atoms in total. The van der Waals surface area contributed by atoms with Gasteiger partial charge in [-0.15, -0.1) is 0 Å². The van der Waals surface area contributed by atoms with Crippen molar-refractivity contribution in [2.24, 2.45) is 16.7 Å². The van der Waals surface area contributed by atoms with Gasteiger partial charge in [0, 0.05) is 12.3 Å². The highest BCUT2D eigenvalue weighted by Crippen LogP contribution is 2.66. The molecule has 0 aromatic heterocycles. The lowest BCUT2D eigenvalue weighted by Gasteiger charge is -2.51. The molecule has 4 rings (SSSR count). The minimum atomic E-state index is -1.84. The maximum atomic E-state index is 10.6. The first kappa shape index (κ1) is 23.3. The molecule has 1 saturated carbocycles. The van der Waals surface area contributed by atoms with Gasteiger partial charge >= 0.3 is 0 Å². The van der Waals surface area contributed by atoms with Gasteiger partial charge in [0.05, 0.1) is 24.1 Å². The molecule has 2 heterocycles. The van der Waals surface area contributed by atoms with Crippen molar-refractivity contribution in [3.63, 3.8) is 0 Å². The highest BCUT2D eigenvalue weighted by molar-refractivity contribution is 5.89. The molecule has 1 N–H and O–H groups in total. The van der Waals surface area contributed by atoms with E-state index in [2.05, 4.69) is 18.2 Å². The Morgan fingerprint density at radius 1 is 0.909 bits per heavy atom. The molecule has 1 aliphatic carbocycles. The van der Waals surface area contributed by atoms with Gasteiger partial charge in [-0.2, -0.15) is 15.8 Å². The quantitative estimate of drug-likeness (QED) is 0.604. The molecule has 33 heavy (non-hydrogen) atoms. The zero-order valence-electron chi connectivity index (χ0n) is 19.3. The van der Waals surface area contributed by atoms with Gasteiger partial charge in [0.15, 0.2) is 10.8 Å². The lowest BCUT2D eigenvalue weighted by molar-refractivity contribution is -0.288. The number of hydrogen-bond donors (Lipinski definition) is 1. The number of ether oxygens (including phenoxy) is 2. The van der Waals surface area contributed by atoms with Crippen molar-refractivity contribution in [1.29, 1.82) is 21.2 Å². The van der Waals surface area contributed by atoms with Crippen LogP contribution in [0.4, 0.5) is 0 Å². The molecule has 3 aliphatic rings. The second-order valence-electron chi connectivity index (χ2n) is 9.85. The van der Waals surface area contributed by atoms with E-state index < -0.39 is 28.6 Å². The molecule has 0 amide bonds. The predicted octanol–water partition coefficient (Wildman–Crippen LogP) is 5.97. The third kappa shape index (κ3) is 3.42. The maximum absolute atomic E-state index is 10.6. The van der Waals surface area contributed by atoms with Crippen LogP contribution in [-0.2, 0) is 9.47 Å². The fourth-order valence-electron chi connectivity index (χ4n) is 6.36. The number of nitrogens with zero attached hydrogens (tertiary/aromatic N) is 3. The van der Waals surface area contributed by atoms with Crippen molar-refractivity contribution in [1.82, 2.24) is 0 Å². The summed E-state index contributed by atoms with van der Waals surface area (Å²) in [4.78, 5) is 0. The average Bonchev–Trinajstić information content (AvgIpc) is 3.02. The zero-order valence-corrected chi connectivity index (χ0v) is 19.3. The first-order valence-electron chi connectivity index (χ1n) is 12.3. The van der Waals surface area contributed by atoms with E-state index in [0.717, 1.165) is 44.1 Å². The highest BCUT2D eigenvalue weighted by Gasteiger charge is 2.80. The monoisotopic (exact) mass is 444 g/mol. The van der Waals surface area contributed by atoms with Crippen LogP contribution in [0.25, 0.3) is 0 Å². The van der Waals surface area contributed by atoms with Crippen LogP contribution in [0, 0.1) is 56.2 Å². The van der Waals surface area contributed by atoms with Crippen LogP contribution >= 0.6 is 0 Å². The number of nitrogens with one attached hydrogen (secondary N) is 1. The summed E-state index contributed by atoms with van der Waals surface area (Å²) in [6, 6.07) is 16.4. The minimum absolute atomic E-state index is 0.268. The Labute approximate surface area is 196 Å². The number of nitriles is 3. The molecule has 6 heteroatoms. The van der Waals surface area contributed by atoms with E-state index in [1.165, 1.54) is 12.8 Å². The number of rotatable bonds is 2. The van der Waals surface area contributed by atoms with Crippen molar-refractivity contribution in [3.8, 4) is 18.2 Å². The van der Waals surface area contributed by atoms with Gasteiger partial charge in [-0.25, -0.2) is 0 Å². The van der Waals surface area contributed by atoms with Gasteiger partial charge < -0.3 is 9.47 Å². The molecular weight excluding hydrogens is 412 g/mol. The first-order chi connectivity index (χ1) is 16.0. The summed E-state index contributed by atoms with van der Waals surface area (Å²) >= 11 is 0. The molecule has 0 radical (unpaired) electrons. The van der Waals surface area contributed by atoms with Crippen LogP contribution in [0.2, 0.25) is 0 Å². The van der Waals surface area contributed by atoms with Crippen LogP contribution in [0.15, 0.2) is 30.3 Å². The average molecular weight is 445 g/mol. The SMILES string of the molecule is CC(c1ccccc1)C1OC23CCCCCCCCCCC2C(C#N)(C(=N)O3)C1(C#N)C#N. The lowest BCUT2D eigenvalue weighted by Crippen LogP contribution is -2.63. The Kier molecular flexibility index (Phi) is 6.47. The maximum Gasteiger partial charge on any atom is 0.217 e. The Balaban J connectivity index is 1.86. The number of hydrogen-bond acceptors (Lipinski definition) is 6. The van der Waals surface area contributed by atoms with E-state index in [1.54, 1.807) is 0 Å². The topological polar surface area (TPSA) is 114 Å². The molecule has 2 saturated heterocycles. The number of benzene rings is 1. The van der Waals surface area contributed by atoms with Crippen LogP contribution in [-0.4, -0.2) is 17.8 Å². The molecule has 5 unspecified atom stereocenters. The molecule has 3 fully saturated rings. The minimum Gasteiger partial charge on any atom is -0.447 e. The summed E-state index contributed by atoms with van der Waals surface area (Å²) in [6.07, 6.45) is 8.77. The second kappa shape index (κ2) is 9.17. The van der Waals surface area contributed by atoms with Crippen molar-refractivity contribution in [2.45, 2.75) is 88.9 Å². The Morgan fingerprint density at radius 3 is 2.12 bits per heavy atom. The van der Waals surface area contributed by atoms with E-state index in [1.807, 2.05) is 37.3 Å². The van der Waals surface area contributed by atoms with Crippen molar-refractivity contribution < 1.29 is 9.47 Å². The summed E-state index contributed by atoms with van der Waals surface area (Å²) in [5.74, 6) is -2.25. The third-order valence-corrected chi connectivity index (χ3v) is 8.14. The van der Waals surface area contributed by atoms with Gasteiger partial charge in [-0.3, -0.25) is 5.41 Å². The Morgan fingerprint density at radius 2 is 1.52 bits per heavy atom. The van der Waals surface area contributed by atoms with Crippen LogP contribution < -0.4 is 0 Å². The van der Waals surface area contributed by atoms with Crippen molar-refractivity contribution in [2.75, 3.05) is 0 Å². The smallest absolute Gasteiger partial charge is 0.217 e. The van der Waals surface area contributed by atoms with Crippen molar-refractivity contribution in [3.05, 3.63) is 35.9 Å². The third-order valence-electron chi connectivity index (χ3n) is 8.14. The molecule has 5 atom stereocenters. The Hall–Kier alpha value is -2.88. The van der Waals surface area contributed by atoms with E-state index in [4.69, 9.17) is 14.9 Å². The summed E-state index contributed by atoms with van der Waals surface area (Å²) in [5.41, 5.74) is -2.55. The van der Waals surface area contributed by atoms with Gasteiger partial charge in [0.25, 0.3) is 0 Å². The van der Waals surface area contributed by atoms with Crippen molar-refractivity contribution >= 4 is 5.90 Å². The molecule has 2 aliphatic heterocycles. The Bertz CT molecular complexity index is 990. The lowest BCUT2D eigenvalue weighted by atomic mass is 9.51. The zero-order chi connectivity index (χ0) is 23.5. The largest absolute Gasteiger partial charge is 0.447 e. The molecule has 1 aromatic carbocycles. The molecular formula is C27H32N4O2. The summed E-state index contributed by atoms with van der Waals surface area (Å²) in [6.45, 7) is 1.93. The molecule has 2 bridgehead atoms. The fraction of sp³-hybridized carbons (Fsp3) is 0.630. The van der Waals surface area contributed by atoms with E-state index in [0.29, 0.717) is 12.8 Å². The van der Waals surface area contributed by atoms with Gasteiger partial charge in [-0.05, 0) is 18.4 Å². The summed E-state index contributed by atoms with van der Waals surface area (Å²) < 4.78 is 12.9. The second-order valence-corrected chi connectivity index (χ2v) is 9.85. The van der Waals surface area contributed by atoms with E-state index in [9.17, 15) is 15.8 Å². The van der Waals surface area contributed by atoms with Gasteiger partial charge in [0.2, 0.25) is 11.7 Å². The fourth-order valence-corrected chi connectivity index (χ4v) is 6.36. The van der Waals surface area contributed by atoms with Gasteiger partial charge in [-0.1, -0.05) is 82.2 Å². The van der Waals surface area contributed by atoms with E-state index >= 15 is 0 Å². The van der Waals surface area contributed by atoms with E-state index in [-0.39, 0.29) is 11.8 Å². The molecule has 1 aromatic rings. The highest BCUT2D eigenvalue weighted by atomic mass is 16.7. The standard InChI is InChI=1S/C27H32N4O2/c1-20(21-13-9-8-10-14-21)23-25(17-28,18-29)26(19-30)22-15-11-6-4-2-3-5-7-12-16-27(22,32-23)33-24(26)31/h8-10,13-14,20,22-23,31H,2-7,11-12,15-16H2,1H3. The summed E-state index contributed by atoms with van der Waals surface area (Å²) in [5, 5.41) is 40.4.